The first-order chi connectivity index (χ1) is 9.72. The lowest BCUT2D eigenvalue weighted by Gasteiger charge is -2.08. The molecule has 2 aromatic heterocycles. The van der Waals surface area contributed by atoms with Gasteiger partial charge in [0.25, 0.3) is 0 Å². The highest BCUT2D eigenvalue weighted by Crippen LogP contribution is 2.20. The van der Waals surface area contributed by atoms with E-state index in [4.69, 9.17) is 0 Å². The van der Waals surface area contributed by atoms with Crippen molar-refractivity contribution >= 4 is 15.9 Å². The van der Waals surface area contributed by atoms with Gasteiger partial charge in [-0.1, -0.05) is 15.9 Å². The zero-order valence-corrected chi connectivity index (χ0v) is 12.1. The van der Waals surface area contributed by atoms with Crippen molar-refractivity contribution in [3.63, 3.8) is 0 Å². The van der Waals surface area contributed by atoms with Gasteiger partial charge in [0.2, 0.25) is 0 Å². The maximum atomic E-state index is 13.4. The van der Waals surface area contributed by atoms with Gasteiger partial charge in [-0.2, -0.15) is 0 Å². The third kappa shape index (κ3) is 2.77. The fourth-order valence-electron chi connectivity index (χ4n) is 2.09. The van der Waals surface area contributed by atoms with Gasteiger partial charge in [0.1, 0.15) is 11.6 Å². The highest BCUT2D eigenvalue weighted by atomic mass is 79.9. The average molecular weight is 332 g/mol. The summed E-state index contributed by atoms with van der Waals surface area (Å²) in [4.78, 5) is 8.44. The van der Waals surface area contributed by atoms with E-state index in [-0.39, 0.29) is 5.82 Å². The van der Waals surface area contributed by atoms with Crippen molar-refractivity contribution in [3.05, 3.63) is 71.0 Å². The van der Waals surface area contributed by atoms with Crippen molar-refractivity contribution in [2.75, 3.05) is 0 Å². The molecule has 0 aliphatic rings. The van der Waals surface area contributed by atoms with Gasteiger partial charge in [-0.3, -0.25) is 4.98 Å². The maximum Gasteiger partial charge on any atom is 0.141 e. The number of benzene rings is 1. The predicted molar refractivity (Wildman–Crippen MR) is 78.7 cm³/mol. The number of rotatable bonds is 3. The number of pyridine rings is 1. The van der Waals surface area contributed by atoms with Crippen LogP contribution in [-0.2, 0) is 6.54 Å². The molecule has 0 aliphatic carbocycles. The maximum absolute atomic E-state index is 13.4. The van der Waals surface area contributed by atoms with Gasteiger partial charge in [0.05, 0.1) is 0 Å². The van der Waals surface area contributed by atoms with Crippen molar-refractivity contribution in [3.8, 4) is 11.4 Å². The second kappa shape index (κ2) is 5.54. The number of imidazole rings is 1. The van der Waals surface area contributed by atoms with Crippen LogP contribution in [0.4, 0.5) is 4.39 Å². The van der Waals surface area contributed by atoms with Crippen molar-refractivity contribution < 1.29 is 4.39 Å². The lowest BCUT2D eigenvalue weighted by atomic mass is 10.2. The molecule has 3 nitrogen and oxygen atoms in total. The molecule has 1 aromatic carbocycles. The number of halogens is 2. The number of hydrogen-bond donors (Lipinski definition) is 0. The number of aromatic nitrogens is 3. The van der Waals surface area contributed by atoms with E-state index in [0.717, 1.165) is 21.4 Å². The fraction of sp³-hybridized carbons (Fsp3) is 0.0667. The Morgan fingerprint density at radius 1 is 1.20 bits per heavy atom. The minimum Gasteiger partial charge on any atom is -0.327 e. The van der Waals surface area contributed by atoms with Crippen LogP contribution in [-0.4, -0.2) is 14.5 Å². The molecule has 0 radical (unpaired) electrons. The molecule has 0 aliphatic heterocycles. The standard InChI is InChI=1S/C15H11BrFN3/c16-13-6-11(7-14(17)8-13)10-20-5-4-19-15(20)12-2-1-3-18-9-12/h1-9H,10H2. The summed E-state index contributed by atoms with van der Waals surface area (Å²) in [6.45, 7) is 0.556. The van der Waals surface area contributed by atoms with Gasteiger partial charge in [-0.25, -0.2) is 9.37 Å². The molecule has 0 bridgehead atoms. The topological polar surface area (TPSA) is 30.7 Å². The third-order valence-electron chi connectivity index (χ3n) is 2.91. The molecule has 0 spiro atoms. The highest BCUT2D eigenvalue weighted by molar-refractivity contribution is 9.10. The van der Waals surface area contributed by atoms with Crippen LogP contribution < -0.4 is 0 Å². The van der Waals surface area contributed by atoms with Crippen LogP contribution in [0.1, 0.15) is 5.56 Å². The summed E-state index contributed by atoms with van der Waals surface area (Å²) in [5.41, 5.74) is 1.81. The molecule has 3 aromatic rings. The van der Waals surface area contributed by atoms with E-state index in [1.165, 1.54) is 12.1 Å². The second-order valence-corrected chi connectivity index (χ2v) is 5.31. The first kappa shape index (κ1) is 13.0. The quantitative estimate of drug-likeness (QED) is 0.728. The summed E-state index contributed by atoms with van der Waals surface area (Å²) < 4.78 is 16.1. The molecule has 0 N–H and O–H groups in total. The van der Waals surface area contributed by atoms with Crippen molar-refractivity contribution in [2.24, 2.45) is 0 Å². The monoisotopic (exact) mass is 331 g/mol. The van der Waals surface area contributed by atoms with Gasteiger partial charge in [0, 0.05) is 41.4 Å². The Hall–Kier alpha value is -2.01. The van der Waals surface area contributed by atoms with Gasteiger partial charge in [-0.15, -0.1) is 0 Å². The first-order valence-corrected chi connectivity index (χ1v) is 6.88. The zero-order valence-electron chi connectivity index (χ0n) is 10.5. The van der Waals surface area contributed by atoms with Crippen LogP contribution >= 0.6 is 15.9 Å². The molecular formula is C15H11BrFN3. The molecular weight excluding hydrogens is 321 g/mol. The third-order valence-corrected chi connectivity index (χ3v) is 3.37. The zero-order chi connectivity index (χ0) is 13.9. The first-order valence-electron chi connectivity index (χ1n) is 6.09. The Balaban J connectivity index is 1.94. The highest BCUT2D eigenvalue weighted by Gasteiger charge is 2.07. The normalized spacial score (nSPS) is 10.7. The van der Waals surface area contributed by atoms with Crippen LogP contribution in [0.25, 0.3) is 11.4 Å². The van der Waals surface area contributed by atoms with E-state index in [1.54, 1.807) is 18.6 Å². The van der Waals surface area contributed by atoms with E-state index < -0.39 is 0 Å². The van der Waals surface area contributed by atoms with Crippen molar-refractivity contribution in [1.29, 1.82) is 0 Å². The van der Waals surface area contributed by atoms with Gasteiger partial charge < -0.3 is 4.57 Å². The Morgan fingerprint density at radius 2 is 2.10 bits per heavy atom. The largest absolute Gasteiger partial charge is 0.327 e. The summed E-state index contributed by atoms with van der Waals surface area (Å²) >= 11 is 3.31. The minimum atomic E-state index is -0.252. The van der Waals surface area contributed by atoms with Gasteiger partial charge >= 0.3 is 0 Å². The summed E-state index contributed by atoms with van der Waals surface area (Å²) in [5, 5.41) is 0. The average Bonchev–Trinajstić information content (AvgIpc) is 2.86. The molecule has 2 heterocycles. The molecule has 0 unspecified atom stereocenters. The Labute approximate surface area is 124 Å². The summed E-state index contributed by atoms with van der Waals surface area (Å²) in [6, 6.07) is 8.69. The summed E-state index contributed by atoms with van der Waals surface area (Å²) in [7, 11) is 0. The van der Waals surface area contributed by atoms with Crippen molar-refractivity contribution in [1.82, 2.24) is 14.5 Å². The SMILES string of the molecule is Fc1cc(Br)cc(Cn2ccnc2-c2cccnc2)c1. The van der Waals surface area contributed by atoms with Gasteiger partial charge in [0.15, 0.2) is 0 Å². The molecule has 0 saturated carbocycles. The summed E-state index contributed by atoms with van der Waals surface area (Å²) in [6.07, 6.45) is 7.10. The van der Waals surface area contributed by atoms with Crippen LogP contribution in [0.2, 0.25) is 0 Å². The Kier molecular flexibility index (Phi) is 3.60. The smallest absolute Gasteiger partial charge is 0.141 e. The van der Waals surface area contributed by atoms with E-state index in [9.17, 15) is 4.39 Å². The second-order valence-electron chi connectivity index (χ2n) is 4.40. The Bertz CT molecular complexity index is 705. The van der Waals surface area contributed by atoms with Crippen LogP contribution in [0.5, 0.6) is 0 Å². The van der Waals surface area contributed by atoms with E-state index in [2.05, 4.69) is 25.9 Å². The van der Waals surface area contributed by atoms with Crippen LogP contribution in [0.3, 0.4) is 0 Å². The van der Waals surface area contributed by atoms with Crippen LogP contribution in [0.15, 0.2) is 59.6 Å². The van der Waals surface area contributed by atoms with E-state index >= 15 is 0 Å². The minimum absolute atomic E-state index is 0.252. The number of hydrogen-bond acceptors (Lipinski definition) is 2. The lowest BCUT2D eigenvalue weighted by molar-refractivity contribution is 0.622. The van der Waals surface area contributed by atoms with Crippen LogP contribution in [0, 0.1) is 5.82 Å². The molecule has 100 valence electrons. The molecule has 5 heteroatoms. The Morgan fingerprint density at radius 3 is 2.85 bits per heavy atom. The number of nitrogens with zero attached hydrogens (tertiary/aromatic N) is 3. The van der Waals surface area contributed by atoms with E-state index in [0.29, 0.717) is 6.54 Å². The van der Waals surface area contributed by atoms with Gasteiger partial charge in [-0.05, 0) is 35.9 Å². The predicted octanol–water partition coefficient (Wildman–Crippen LogP) is 3.90. The molecule has 0 saturated heterocycles. The lowest BCUT2D eigenvalue weighted by Crippen LogP contribution is -2.01. The molecule has 20 heavy (non-hydrogen) atoms. The molecule has 3 rings (SSSR count). The fourth-order valence-corrected chi connectivity index (χ4v) is 2.60. The van der Waals surface area contributed by atoms with Crippen molar-refractivity contribution in [2.45, 2.75) is 6.54 Å². The molecule has 0 fully saturated rings. The molecule has 0 amide bonds. The molecule has 0 atom stereocenters. The van der Waals surface area contributed by atoms with E-state index in [1.807, 2.05) is 29.0 Å². The summed E-state index contributed by atoms with van der Waals surface area (Å²) in [5.74, 6) is 0.566.